The van der Waals surface area contributed by atoms with Gasteiger partial charge in [-0.05, 0) is 40.7 Å². The molecule has 0 unspecified atom stereocenters. The van der Waals surface area contributed by atoms with Crippen molar-refractivity contribution in [2.75, 3.05) is 7.05 Å². The molecule has 0 aliphatic heterocycles. The zero-order chi connectivity index (χ0) is 13.8. The predicted molar refractivity (Wildman–Crippen MR) is 87.3 cm³/mol. The summed E-state index contributed by atoms with van der Waals surface area (Å²) in [5, 5.41) is 2.09. The van der Waals surface area contributed by atoms with Gasteiger partial charge >= 0.3 is 0 Å². The monoisotopic (exact) mass is 355 g/mol. The summed E-state index contributed by atoms with van der Waals surface area (Å²) in [6.45, 7) is 1.66. The molecule has 0 amide bonds. The third-order valence-electron chi connectivity index (χ3n) is 2.61. The van der Waals surface area contributed by atoms with Crippen molar-refractivity contribution in [2.24, 2.45) is 5.73 Å². The van der Waals surface area contributed by atoms with Gasteiger partial charge in [-0.2, -0.15) is 0 Å². The van der Waals surface area contributed by atoms with Crippen LogP contribution in [0.1, 0.15) is 16.1 Å². The minimum absolute atomic E-state index is 0.350. The summed E-state index contributed by atoms with van der Waals surface area (Å²) in [5.41, 5.74) is 7.47. The molecular weight excluding hydrogens is 342 g/mol. The van der Waals surface area contributed by atoms with Crippen LogP contribution in [-0.2, 0) is 13.1 Å². The molecule has 2 heterocycles. The van der Waals surface area contributed by atoms with Gasteiger partial charge in [0.15, 0.2) is 0 Å². The minimum atomic E-state index is 0.350. The number of nitrogens with two attached hydrogens (primary N) is 1. The first-order valence-corrected chi connectivity index (χ1v) is 7.79. The van der Waals surface area contributed by atoms with Crippen molar-refractivity contribution in [1.82, 2.24) is 9.88 Å². The third kappa shape index (κ3) is 4.07. The fourth-order valence-electron chi connectivity index (χ4n) is 1.84. The smallest absolute Gasteiger partial charge is 0.123 e. The van der Waals surface area contributed by atoms with Crippen LogP contribution in [0.3, 0.4) is 0 Å². The number of thiophene rings is 1. The van der Waals surface area contributed by atoms with Gasteiger partial charge in [-0.15, -0.1) is 11.3 Å². The second-order valence-corrected chi connectivity index (χ2v) is 6.63. The standard InChI is InChI=1S/C13H14BrN3S2/c1-17(7-11-5-10(14)8-19-11)6-9-3-2-4-16-12(9)13(15)18/h2-5,8H,6-7H2,1H3,(H2,15,18). The fraction of sp³-hybridized carbons (Fsp3) is 0.231. The van der Waals surface area contributed by atoms with Crippen LogP contribution in [0.4, 0.5) is 0 Å². The lowest BCUT2D eigenvalue weighted by molar-refractivity contribution is 0.321. The highest BCUT2D eigenvalue weighted by molar-refractivity contribution is 9.10. The van der Waals surface area contributed by atoms with Gasteiger partial charge in [-0.25, -0.2) is 0 Å². The molecule has 19 heavy (non-hydrogen) atoms. The van der Waals surface area contributed by atoms with E-state index in [1.54, 1.807) is 17.5 Å². The van der Waals surface area contributed by atoms with Crippen molar-refractivity contribution in [1.29, 1.82) is 0 Å². The van der Waals surface area contributed by atoms with Crippen LogP contribution in [0, 0.1) is 0 Å². The van der Waals surface area contributed by atoms with Gasteiger partial charge in [0.1, 0.15) is 10.7 Å². The van der Waals surface area contributed by atoms with Crippen LogP contribution in [0.15, 0.2) is 34.2 Å². The third-order valence-corrected chi connectivity index (χ3v) is 4.49. The lowest BCUT2D eigenvalue weighted by Crippen LogP contribution is -2.21. The zero-order valence-electron chi connectivity index (χ0n) is 10.5. The normalized spacial score (nSPS) is 10.9. The Hall–Kier alpha value is -0.820. The average molecular weight is 356 g/mol. The summed E-state index contributed by atoms with van der Waals surface area (Å²) in [6, 6.07) is 6.06. The van der Waals surface area contributed by atoms with Crippen molar-refractivity contribution in [3.63, 3.8) is 0 Å². The van der Waals surface area contributed by atoms with E-state index in [4.69, 9.17) is 18.0 Å². The molecule has 2 aromatic rings. The first-order chi connectivity index (χ1) is 9.06. The molecule has 2 aromatic heterocycles. The molecular formula is C13H14BrN3S2. The molecule has 100 valence electrons. The van der Waals surface area contributed by atoms with E-state index in [1.165, 1.54) is 4.88 Å². The molecule has 0 aliphatic rings. The van der Waals surface area contributed by atoms with E-state index < -0.39 is 0 Å². The minimum Gasteiger partial charge on any atom is -0.388 e. The van der Waals surface area contributed by atoms with Crippen LogP contribution in [0.5, 0.6) is 0 Å². The maximum atomic E-state index is 5.69. The topological polar surface area (TPSA) is 42.2 Å². The Morgan fingerprint density at radius 3 is 2.95 bits per heavy atom. The first kappa shape index (κ1) is 14.6. The molecule has 2 rings (SSSR count). The summed E-state index contributed by atoms with van der Waals surface area (Å²) in [6.07, 6.45) is 1.72. The van der Waals surface area contributed by atoms with Crippen molar-refractivity contribution in [2.45, 2.75) is 13.1 Å². The first-order valence-electron chi connectivity index (χ1n) is 5.71. The highest BCUT2D eigenvalue weighted by Gasteiger charge is 2.09. The maximum Gasteiger partial charge on any atom is 0.123 e. The van der Waals surface area contributed by atoms with Gasteiger partial charge in [0.2, 0.25) is 0 Å². The van der Waals surface area contributed by atoms with E-state index in [1.807, 2.05) is 12.1 Å². The van der Waals surface area contributed by atoms with E-state index in [0.29, 0.717) is 4.99 Å². The lowest BCUT2D eigenvalue weighted by Gasteiger charge is -2.17. The molecule has 0 aliphatic carbocycles. The summed E-state index contributed by atoms with van der Waals surface area (Å²) in [4.78, 5) is 8.13. The number of hydrogen-bond donors (Lipinski definition) is 1. The average Bonchev–Trinajstić information content (AvgIpc) is 2.75. The number of thiocarbonyl (C=S) groups is 1. The maximum absolute atomic E-state index is 5.69. The molecule has 0 fully saturated rings. The van der Waals surface area contributed by atoms with E-state index in [2.05, 4.69) is 44.3 Å². The summed E-state index contributed by atoms with van der Waals surface area (Å²) in [7, 11) is 2.07. The fourth-order valence-corrected chi connectivity index (χ4v) is 3.55. The van der Waals surface area contributed by atoms with Crippen LogP contribution >= 0.6 is 39.5 Å². The summed E-state index contributed by atoms with van der Waals surface area (Å²) < 4.78 is 1.13. The predicted octanol–water partition coefficient (Wildman–Crippen LogP) is 3.17. The van der Waals surface area contributed by atoms with E-state index in [9.17, 15) is 0 Å². The lowest BCUT2D eigenvalue weighted by atomic mass is 10.2. The van der Waals surface area contributed by atoms with Crippen LogP contribution < -0.4 is 5.73 Å². The second-order valence-electron chi connectivity index (χ2n) is 4.28. The van der Waals surface area contributed by atoms with Gasteiger partial charge in [-0.1, -0.05) is 18.3 Å². The number of hydrogen-bond acceptors (Lipinski definition) is 4. The zero-order valence-corrected chi connectivity index (χ0v) is 13.7. The Balaban J connectivity index is 2.06. The van der Waals surface area contributed by atoms with Gasteiger partial charge in [0.25, 0.3) is 0 Å². The van der Waals surface area contributed by atoms with E-state index >= 15 is 0 Å². The Labute approximate surface area is 130 Å². The quantitative estimate of drug-likeness (QED) is 0.836. The molecule has 0 radical (unpaired) electrons. The number of nitrogens with zero attached hydrogens (tertiary/aromatic N) is 2. The van der Waals surface area contributed by atoms with Crippen LogP contribution in [0.25, 0.3) is 0 Å². The molecule has 0 saturated heterocycles. The van der Waals surface area contributed by atoms with Gasteiger partial charge < -0.3 is 5.73 Å². The molecule has 2 N–H and O–H groups in total. The highest BCUT2D eigenvalue weighted by atomic mass is 79.9. The Morgan fingerprint density at radius 2 is 2.32 bits per heavy atom. The molecule has 0 bridgehead atoms. The number of rotatable bonds is 5. The van der Waals surface area contributed by atoms with E-state index in [-0.39, 0.29) is 0 Å². The van der Waals surface area contributed by atoms with Crippen molar-refractivity contribution in [3.8, 4) is 0 Å². The molecule has 0 aromatic carbocycles. The van der Waals surface area contributed by atoms with Gasteiger partial charge in [-0.3, -0.25) is 9.88 Å². The number of aromatic nitrogens is 1. The van der Waals surface area contributed by atoms with Crippen LogP contribution in [-0.4, -0.2) is 21.9 Å². The molecule has 6 heteroatoms. The molecule has 3 nitrogen and oxygen atoms in total. The Bertz CT molecular complexity index is 583. The largest absolute Gasteiger partial charge is 0.388 e. The molecule has 0 spiro atoms. The van der Waals surface area contributed by atoms with Gasteiger partial charge in [0.05, 0.1) is 0 Å². The highest BCUT2D eigenvalue weighted by Crippen LogP contribution is 2.21. The van der Waals surface area contributed by atoms with Gasteiger partial charge in [0, 0.05) is 34.0 Å². The van der Waals surface area contributed by atoms with Crippen molar-refractivity contribution >= 4 is 44.5 Å². The number of pyridine rings is 1. The Kier molecular flexibility index (Phi) is 5.04. The van der Waals surface area contributed by atoms with E-state index in [0.717, 1.165) is 28.8 Å². The van der Waals surface area contributed by atoms with Crippen LogP contribution in [0.2, 0.25) is 0 Å². The Morgan fingerprint density at radius 1 is 1.53 bits per heavy atom. The SMILES string of the molecule is CN(Cc1cc(Br)cs1)Cc1cccnc1C(N)=S. The summed E-state index contributed by atoms with van der Waals surface area (Å²) >= 11 is 10.2. The summed E-state index contributed by atoms with van der Waals surface area (Å²) in [5.74, 6) is 0. The van der Waals surface area contributed by atoms with Crippen molar-refractivity contribution in [3.05, 3.63) is 50.4 Å². The molecule has 0 atom stereocenters. The molecule has 0 saturated carbocycles. The second kappa shape index (κ2) is 6.56. The number of halogens is 1. The van der Waals surface area contributed by atoms with Crippen molar-refractivity contribution < 1.29 is 0 Å².